The van der Waals surface area contributed by atoms with Gasteiger partial charge in [-0.05, 0) is 24.0 Å². The monoisotopic (exact) mass is 208 g/mol. The SMILES string of the molecule is CC(C)c1ccc(C(C)(O)C(=O)O)cc1. The van der Waals surface area contributed by atoms with Crippen molar-refractivity contribution in [2.75, 3.05) is 0 Å². The summed E-state index contributed by atoms with van der Waals surface area (Å²) in [5.74, 6) is -0.839. The summed E-state index contributed by atoms with van der Waals surface area (Å²) in [4.78, 5) is 10.8. The highest BCUT2D eigenvalue weighted by Gasteiger charge is 2.31. The largest absolute Gasteiger partial charge is 0.479 e. The number of carbonyl (C=O) groups is 1. The average molecular weight is 208 g/mol. The van der Waals surface area contributed by atoms with Crippen molar-refractivity contribution in [3.8, 4) is 0 Å². The number of carboxylic acids is 1. The maximum Gasteiger partial charge on any atom is 0.340 e. The smallest absolute Gasteiger partial charge is 0.340 e. The van der Waals surface area contributed by atoms with Crippen molar-refractivity contribution in [1.29, 1.82) is 0 Å². The zero-order valence-electron chi connectivity index (χ0n) is 9.19. The number of hydrogen-bond acceptors (Lipinski definition) is 2. The van der Waals surface area contributed by atoms with Gasteiger partial charge in [-0.3, -0.25) is 0 Å². The highest BCUT2D eigenvalue weighted by Crippen LogP contribution is 2.23. The van der Waals surface area contributed by atoms with E-state index in [1.807, 2.05) is 12.1 Å². The van der Waals surface area contributed by atoms with Crippen LogP contribution in [0.1, 0.15) is 37.8 Å². The van der Waals surface area contributed by atoms with Crippen molar-refractivity contribution in [3.05, 3.63) is 35.4 Å². The van der Waals surface area contributed by atoms with Gasteiger partial charge in [0.1, 0.15) is 0 Å². The summed E-state index contributed by atoms with van der Waals surface area (Å²) < 4.78 is 0. The molecule has 0 heterocycles. The van der Waals surface area contributed by atoms with Gasteiger partial charge >= 0.3 is 5.97 Å². The third-order valence-electron chi connectivity index (χ3n) is 2.56. The topological polar surface area (TPSA) is 57.5 Å². The molecule has 1 aromatic carbocycles. The molecule has 0 saturated heterocycles. The number of benzene rings is 1. The molecule has 3 nitrogen and oxygen atoms in total. The summed E-state index contributed by atoms with van der Waals surface area (Å²) in [5.41, 5.74) is -0.283. The van der Waals surface area contributed by atoms with Gasteiger partial charge in [0.15, 0.2) is 5.60 Å². The summed E-state index contributed by atoms with van der Waals surface area (Å²) in [6.45, 7) is 5.40. The first-order valence-electron chi connectivity index (χ1n) is 4.92. The second kappa shape index (κ2) is 4.03. The fourth-order valence-electron chi connectivity index (χ4n) is 1.32. The van der Waals surface area contributed by atoms with Gasteiger partial charge in [0.2, 0.25) is 0 Å². The molecule has 0 aliphatic rings. The van der Waals surface area contributed by atoms with Crippen LogP contribution >= 0.6 is 0 Å². The fraction of sp³-hybridized carbons (Fsp3) is 0.417. The van der Waals surface area contributed by atoms with E-state index < -0.39 is 11.6 Å². The Kier molecular flexibility index (Phi) is 3.15. The van der Waals surface area contributed by atoms with Gasteiger partial charge < -0.3 is 10.2 Å². The van der Waals surface area contributed by atoms with Crippen molar-refractivity contribution in [1.82, 2.24) is 0 Å². The number of aliphatic hydroxyl groups is 1. The first-order valence-corrected chi connectivity index (χ1v) is 4.92. The Labute approximate surface area is 89.4 Å². The zero-order chi connectivity index (χ0) is 11.6. The molecule has 0 bridgehead atoms. The van der Waals surface area contributed by atoms with Crippen LogP contribution in [0.5, 0.6) is 0 Å². The van der Waals surface area contributed by atoms with Gasteiger partial charge in [-0.25, -0.2) is 4.79 Å². The molecule has 82 valence electrons. The van der Waals surface area contributed by atoms with Crippen LogP contribution in [0, 0.1) is 0 Å². The minimum atomic E-state index is -1.81. The number of aliphatic carboxylic acids is 1. The molecule has 2 N–H and O–H groups in total. The Morgan fingerprint density at radius 1 is 1.27 bits per heavy atom. The lowest BCUT2D eigenvalue weighted by molar-refractivity contribution is -0.157. The maximum absolute atomic E-state index is 10.8. The molecule has 0 radical (unpaired) electrons. The van der Waals surface area contributed by atoms with Gasteiger partial charge in [-0.15, -0.1) is 0 Å². The van der Waals surface area contributed by atoms with E-state index in [9.17, 15) is 9.90 Å². The molecule has 1 rings (SSSR count). The summed E-state index contributed by atoms with van der Waals surface area (Å²) in [6.07, 6.45) is 0. The second-order valence-corrected chi connectivity index (χ2v) is 4.15. The summed E-state index contributed by atoms with van der Waals surface area (Å²) in [7, 11) is 0. The van der Waals surface area contributed by atoms with Crippen LogP contribution in [0.4, 0.5) is 0 Å². The zero-order valence-corrected chi connectivity index (χ0v) is 9.19. The Bertz CT molecular complexity index is 350. The lowest BCUT2D eigenvalue weighted by Crippen LogP contribution is -2.31. The van der Waals surface area contributed by atoms with Crippen LogP contribution in [0.3, 0.4) is 0 Å². The molecular weight excluding hydrogens is 192 g/mol. The third-order valence-corrected chi connectivity index (χ3v) is 2.56. The molecule has 15 heavy (non-hydrogen) atoms. The van der Waals surface area contributed by atoms with Crippen molar-refractivity contribution < 1.29 is 15.0 Å². The lowest BCUT2D eigenvalue weighted by atomic mass is 9.93. The van der Waals surface area contributed by atoms with Crippen molar-refractivity contribution >= 4 is 5.97 Å². The molecule has 3 heteroatoms. The predicted molar refractivity (Wildman–Crippen MR) is 57.7 cm³/mol. The number of rotatable bonds is 3. The van der Waals surface area contributed by atoms with Gasteiger partial charge in [-0.2, -0.15) is 0 Å². The summed E-state index contributed by atoms with van der Waals surface area (Å²) >= 11 is 0. The molecule has 0 aromatic heterocycles. The second-order valence-electron chi connectivity index (χ2n) is 4.15. The van der Waals surface area contributed by atoms with E-state index in [0.29, 0.717) is 11.5 Å². The van der Waals surface area contributed by atoms with Gasteiger partial charge in [0.05, 0.1) is 0 Å². The Hall–Kier alpha value is -1.35. The lowest BCUT2D eigenvalue weighted by Gasteiger charge is -2.18. The van der Waals surface area contributed by atoms with Crippen LogP contribution < -0.4 is 0 Å². The molecule has 0 fully saturated rings. The molecule has 0 spiro atoms. The first-order chi connectivity index (χ1) is 6.85. The maximum atomic E-state index is 10.8. The quantitative estimate of drug-likeness (QED) is 0.799. The molecule has 0 amide bonds. The normalized spacial score (nSPS) is 15.0. The van der Waals surface area contributed by atoms with Crippen LogP contribution in [-0.4, -0.2) is 16.2 Å². The van der Waals surface area contributed by atoms with E-state index in [-0.39, 0.29) is 0 Å². The van der Waals surface area contributed by atoms with Crippen LogP contribution in [0.25, 0.3) is 0 Å². The number of hydrogen-bond donors (Lipinski definition) is 2. The molecule has 0 aliphatic heterocycles. The Morgan fingerprint density at radius 3 is 2.07 bits per heavy atom. The number of carboxylic acid groups (broad SMARTS) is 1. The fourth-order valence-corrected chi connectivity index (χ4v) is 1.32. The average Bonchev–Trinajstić information content (AvgIpc) is 2.17. The molecular formula is C12H16O3. The molecule has 1 atom stereocenters. The van der Waals surface area contributed by atoms with Crippen LogP contribution in [0.2, 0.25) is 0 Å². The molecule has 0 aliphatic carbocycles. The molecule has 1 unspecified atom stereocenters. The van der Waals surface area contributed by atoms with Crippen LogP contribution in [0.15, 0.2) is 24.3 Å². The Morgan fingerprint density at radius 2 is 1.73 bits per heavy atom. The van der Waals surface area contributed by atoms with E-state index in [4.69, 9.17) is 5.11 Å². The van der Waals surface area contributed by atoms with E-state index in [1.165, 1.54) is 6.92 Å². The van der Waals surface area contributed by atoms with Crippen LogP contribution in [-0.2, 0) is 10.4 Å². The highest BCUT2D eigenvalue weighted by molar-refractivity contribution is 5.78. The summed E-state index contributed by atoms with van der Waals surface area (Å²) in [5, 5.41) is 18.5. The van der Waals surface area contributed by atoms with Crippen molar-refractivity contribution in [2.24, 2.45) is 0 Å². The van der Waals surface area contributed by atoms with E-state index >= 15 is 0 Å². The van der Waals surface area contributed by atoms with Gasteiger partial charge in [0, 0.05) is 0 Å². The minimum Gasteiger partial charge on any atom is -0.479 e. The predicted octanol–water partition coefficient (Wildman–Crippen LogP) is 2.10. The van der Waals surface area contributed by atoms with E-state index in [2.05, 4.69) is 13.8 Å². The molecule has 0 saturated carbocycles. The first kappa shape index (κ1) is 11.7. The highest BCUT2D eigenvalue weighted by atomic mass is 16.4. The van der Waals surface area contributed by atoms with Crippen molar-refractivity contribution in [2.45, 2.75) is 32.3 Å². The summed E-state index contributed by atoms with van der Waals surface area (Å²) in [6, 6.07) is 7.00. The molecule has 1 aromatic rings. The minimum absolute atomic E-state index is 0.397. The van der Waals surface area contributed by atoms with E-state index in [0.717, 1.165) is 5.56 Å². The van der Waals surface area contributed by atoms with Gasteiger partial charge in [-0.1, -0.05) is 38.1 Å². The van der Waals surface area contributed by atoms with Crippen molar-refractivity contribution in [3.63, 3.8) is 0 Å². The van der Waals surface area contributed by atoms with Gasteiger partial charge in [0.25, 0.3) is 0 Å². The standard InChI is InChI=1S/C12H16O3/c1-8(2)9-4-6-10(7-5-9)12(3,15)11(13)14/h4-8,15H,1-3H3,(H,13,14). The third kappa shape index (κ3) is 2.36. The van der Waals surface area contributed by atoms with E-state index in [1.54, 1.807) is 12.1 Å². The Balaban J connectivity index is 3.04.